The molecular formula is C14H17N3O5. The second kappa shape index (κ2) is 6.79. The average Bonchev–Trinajstić information content (AvgIpc) is 2.95. The summed E-state index contributed by atoms with van der Waals surface area (Å²) in [6, 6.07) is 3.41. The molecule has 0 aliphatic carbocycles. The van der Waals surface area contributed by atoms with Gasteiger partial charge in [-0.2, -0.15) is 0 Å². The molecule has 1 aromatic carbocycles. The summed E-state index contributed by atoms with van der Waals surface area (Å²) >= 11 is 0. The van der Waals surface area contributed by atoms with E-state index in [9.17, 15) is 4.79 Å². The van der Waals surface area contributed by atoms with Gasteiger partial charge in [0, 0.05) is 12.5 Å². The highest BCUT2D eigenvalue weighted by atomic mass is 16.5. The van der Waals surface area contributed by atoms with Gasteiger partial charge >= 0.3 is 6.01 Å². The Morgan fingerprint density at radius 1 is 1.23 bits per heavy atom. The van der Waals surface area contributed by atoms with Crippen LogP contribution >= 0.6 is 0 Å². The van der Waals surface area contributed by atoms with Crippen molar-refractivity contribution in [2.24, 2.45) is 0 Å². The van der Waals surface area contributed by atoms with Crippen molar-refractivity contribution in [3.63, 3.8) is 0 Å². The van der Waals surface area contributed by atoms with Crippen LogP contribution in [0.1, 0.15) is 13.8 Å². The molecule has 2 aromatic rings. The second-order valence-electron chi connectivity index (χ2n) is 4.24. The molecule has 2 rings (SSSR count). The molecule has 0 saturated carbocycles. The first-order valence-electron chi connectivity index (χ1n) is 6.59. The number of hydrogen-bond donors (Lipinski definition) is 1. The Morgan fingerprint density at radius 2 is 1.86 bits per heavy atom. The summed E-state index contributed by atoms with van der Waals surface area (Å²) in [7, 11) is 3.05. The largest absolute Gasteiger partial charge is 0.493 e. The SMILES string of the molecule is CCOc1c(OC)cc(-c2nnc(NC(C)=O)o2)cc1OC. The third-order valence-electron chi connectivity index (χ3n) is 2.70. The van der Waals surface area contributed by atoms with Crippen LogP contribution in [0, 0.1) is 0 Å². The van der Waals surface area contributed by atoms with Crippen molar-refractivity contribution in [1.82, 2.24) is 10.2 Å². The minimum absolute atomic E-state index is 0.0225. The highest BCUT2D eigenvalue weighted by Gasteiger charge is 2.18. The standard InChI is InChI=1S/C14H17N3O5/c1-5-21-12-10(19-3)6-9(7-11(12)20-4)13-16-17-14(22-13)15-8(2)18/h6-7H,5H2,1-4H3,(H,15,17,18). The van der Waals surface area contributed by atoms with E-state index < -0.39 is 0 Å². The maximum absolute atomic E-state index is 11.0. The number of benzene rings is 1. The first-order chi connectivity index (χ1) is 10.6. The molecule has 0 radical (unpaired) electrons. The molecule has 1 heterocycles. The van der Waals surface area contributed by atoms with E-state index in [0.29, 0.717) is 29.4 Å². The smallest absolute Gasteiger partial charge is 0.322 e. The van der Waals surface area contributed by atoms with Crippen LogP contribution in [-0.2, 0) is 4.79 Å². The number of carbonyl (C=O) groups is 1. The molecule has 0 aliphatic heterocycles. The van der Waals surface area contributed by atoms with E-state index in [2.05, 4.69) is 15.5 Å². The summed E-state index contributed by atoms with van der Waals surface area (Å²) in [5.41, 5.74) is 0.584. The predicted octanol–water partition coefficient (Wildman–Crippen LogP) is 2.11. The number of methoxy groups -OCH3 is 2. The number of nitrogens with zero attached hydrogens (tertiary/aromatic N) is 2. The zero-order valence-corrected chi connectivity index (χ0v) is 12.8. The Kier molecular flexibility index (Phi) is 4.82. The van der Waals surface area contributed by atoms with Crippen molar-refractivity contribution in [3.8, 4) is 28.7 Å². The number of rotatable bonds is 6. The lowest BCUT2D eigenvalue weighted by molar-refractivity contribution is -0.114. The molecule has 1 amide bonds. The Hall–Kier alpha value is -2.77. The molecule has 0 bridgehead atoms. The summed E-state index contributed by atoms with van der Waals surface area (Å²) in [5.74, 6) is 1.39. The lowest BCUT2D eigenvalue weighted by atomic mass is 10.2. The van der Waals surface area contributed by atoms with E-state index in [1.54, 1.807) is 12.1 Å². The third-order valence-corrected chi connectivity index (χ3v) is 2.70. The fourth-order valence-electron chi connectivity index (χ4n) is 1.83. The van der Waals surface area contributed by atoms with Crippen LogP contribution in [0.4, 0.5) is 6.01 Å². The van der Waals surface area contributed by atoms with Gasteiger partial charge in [0.2, 0.25) is 17.5 Å². The molecular weight excluding hydrogens is 290 g/mol. The molecule has 118 valence electrons. The van der Waals surface area contributed by atoms with Crippen molar-refractivity contribution in [3.05, 3.63) is 12.1 Å². The lowest BCUT2D eigenvalue weighted by Gasteiger charge is -2.14. The van der Waals surface area contributed by atoms with Crippen molar-refractivity contribution in [1.29, 1.82) is 0 Å². The quantitative estimate of drug-likeness (QED) is 0.873. The van der Waals surface area contributed by atoms with Crippen molar-refractivity contribution < 1.29 is 23.4 Å². The van der Waals surface area contributed by atoms with Gasteiger partial charge in [0.1, 0.15) is 0 Å². The van der Waals surface area contributed by atoms with Gasteiger partial charge in [-0.25, -0.2) is 0 Å². The highest BCUT2D eigenvalue weighted by molar-refractivity contribution is 5.86. The van der Waals surface area contributed by atoms with Gasteiger partial charge in [0.05, 0.1) is 20.8 Å². The van der Waals surface area contributed by atoms with Gasteiger partial charge in [0.15, 0.2) is 11.5 Å². The molecule has 1 N–H and O–H groups in total. The molecule has 8 nitrogen and oxygen atoms in total. The minimum Gasteiger partial charge on any atom is -0.493 e. The number of hydrogen-bond acceptors (Lipinski definition) is 7. The van der Waals surface area contributed by atoms with Gasteiger partial charge < -0.3 is 18.6 Å². The summed E-state index contributed by atoms with van der Waals surface area (Å²) in [6.45, 7) is 3.69. The number of anilines is 1. The number of amides is 1. The zero-order chi connectivity index (χ0) is 16.1. The van der Waals surface area contributed by atoms with Gasteiger partial charge in [-0.05, 0) is 19.1 Å². The number of ether oxygens (including phenoxy) is 3. The van der Waals surface area contributed by atoms with Gasteiger partial charge in [-0.3, -0.25) is 10.1 Å². The van der Waals surface area contributed by atoms with Crippen LogP contribution in [0.25, 0.3) is 11.5 Å². The summed E-state index contributed by atoms with van der Waals surface area (Å²) in [5, 5.41) is 10.0. The van der Waals surface area contributed by atoms with E-state index in [4.69, 9.17) is 18.6 Å². The molecule has 0 atom stereocenters. The Bertz CT molecular complexity index is 643. The van der Waals surface area contributed by atoms with Crippen molar-refractivity contribution in [2.75, 3.05) is 26.1 Å². The first-order valence-corrected chi connectivity index (χ1v) is 6.59. The highest BCUT2D eigenvalue weighted by Crippen LogP contribution is 2.41. The third kappa shape index (κ3) is 3.27. The molecule has 0 unspecified atom stereocenters. The normalized spacial score (nSPS) is 10.2. The molecule has 22 heavy (non-hydrogen) atoms. The van der Waals surface area contributed by atoms with Crippen molar-refractivity contribution >= 4 is 11.9 Å². The Labute approximate surface area is 127 Å². The number of carbonyl (C=O) groups excluding carboxylic acids is 1. The maximum atomic E-state index is 11.0. The first kappa shape index (κ1) is 15.6. The van der Waals surface area contributed by atoms with Crippen molar-refractivity contribution in [2.45, 2.75) is 13.8 Å². The fraction of sp³-hybridized carbons (Fsp3) is 0.357. The summed E-state index contributed by atoms with van der Waals surface area (Å²) < 4.78 is 21.5. The van der Waals surface area contributed by atoms with Crippen LogP contribution in [0.3, 0.4) is 0 Å². The van der Waals surface area contributed by atoms with E-state index in [0.717, 1.165) is 0 Å². The summed E-state index contributed by atoms with van der Waals surface area (Å²) in [4.78, 5) is 11.0. The van der Waals surface area contributed by atoms with Crippen LogP contribution in [0.5, 0.6) is 17.2 Å². The minimum atomic E-state index is -0.294. The molecule has 0 aliphatic rings. The van der Waals surface area contributed by atoms with Crippen LogP contribution in [0.15, 0.2) is 16.5 Å². The zero-order valence-electron chi connectivity index (χ0n) is 12.8. The molecule has 0 saturated heterocycles. The van der Waals surface area contributed by atoms with Gasteiger partial charge in [-0.15, -0.1) is 5.10 Å². The van der Waals surface area contributed by atoms with Gasteiger partial charge in [0.25, 0.3) is 0 Å². The van der Waals surface area contributed by atoms with E-state index in [1.807, 2.05) is 6.92 Å². The maximum Gasteiger partial charge on any atom is 0.322 e. The molecule has 1 aromatic heterocycles. The Morgan fingerprint density at radius 3 is 2.36 bits per heavy atom. The van der Waals surface area contributed by atoms with E-state index in [1.165, 1.54) is 21.1 Å². The lowest BCUT2D eigenvalue weighted by Crippen LogP contribution is -2.05. The fourth-order valence-corrected chi connectivity index (χ4v) is 1.83. The van der Waals surface area contributed by atoms with Crippen LogP contribution < -0.4 is 19.5 Å². The van der Waals surface area contributed by atoms with Crippen LogP contribution in [-0.4, -0.2) is 36.9 Å². The van der Waals surface area contributed by atoms with E-state index in [-0.39, 0.29) is 17.8 Å². The Balaban J connectivity index is 2.42. The van der Waals surface area contributed by atoms with E-state index >= 15 is 0 Å². The molecule has 8 heteroatoms. The number of nitrogens with one attached hydrogen (secondary N) is 1. The average molecular weight is 307 g/mol. The summed E-state index contributed by atoms with van der Waals surface area (Å²) in [6.07, 6.45) is 0. The molecule has 0 fully saturated rings. The predicted molar refractivity (Wildman–Crippen MR) is 78.3 cm³/mol. The topological polar surface area (TPSA) is 95.7 Å². The monoisotopic (exact) mass is 307 g/mol. The molecule has 0 spiro atoms. The van der Waals surface area contributed by atoms with Gasteiger partial charge in [-0.1, -0.05) is 5.10 Å². The number of aromatic nitrogens is 2. The second-order valence-corrected chi connectivity index (χ2v) is 4.24. The van der Waals surface area contributed by atoms with Crippen LogP contribution in [0.2, 0.25) is 0 Å².